The van der Waals surface area contributed by atoms with E-state index in [-0.39, 0.29) is 6.04 Å². The molecule has 1 aromatic carbocycles. The van der Waals surface area contributed by atoms with Crippen LogP contribution in [0, 0.1) is 0 Å². The fraction of sp³-hybridized carbons (Fsp3) is 0.600. The molecule has 0 aromatic heterocycles. The van der Waals surface area contributed by atoms with E-state index in [9.17, 15) is 9.59 Å². The van der Waals surface area contributed by atoms with Gasteiger partial charge in [-0.2, -0.15) is 0 Å². The maximum atomic E-state index is 12.7. The van der Waals surface area contributed by atoms with Crippen molar-refractivity contribution in [3.8, 4) is 0 Å². The predicted molar refractivity (Wildman–Crippen MR) is 99.8 cm³/mol. The first-order valence-corrected chi connectivity index (χ1v) is 9.17. The molecule has 0 spiro atoms. The normalized spacial score (nSPS) is 19.5. The Kier molecular flexibility index (Phi) is 7.03. The highest BCUT2D eigenvalue weighted by molar-refractivity contribution is 5.82. The number of piperidine rings is 1. The van der Waals surface area contributed by atoms with Crippen LogP contribution in [0.15, 0.2) is 30.3 Å². The van der Waals surface area contributed by atoms with Gasteiger partial charge in [0, 0.05) is 6.04 Å². The number of nitrogens with one attached hydrogen (secondary N) is 1. The number of alkyl carbamates (subject to hydrolysis) is 1. The number of carbonyl (C=O) groups excluding carboxylic acids is 2. The highest BCUT2D eigenvalue weighted by atomic mass is 16.6. The van der Waals surface area contributed by atoms with Crippen molar-refractivity contribution < 1.29 is 19.1 Å². The zero-order valence-electron chi connectivity index (χ0n) is 16.2. The van der Waals surface area contributed by atoms with E-state index in [0.717, 1.165) is 19.4 Å². The third kappa shape index (κ3) is 6.33. The number of rotatable bonds is 5. The van der Waals surface area contributed by atoms with Crippen molar-refractivity contribution in [2.75, 3.05) is 20.2 Å². The molecular weight excluding hydrogens is 332 g/mol. The highest BCUT2D eigenvalue weighted by Gasteiger charge is 2.28. The summed E-state index contributed by atoms with van der Waals surface area (Å²) in [6.45, 7) is 6.68. The summed E-state index contributed by atoms with van der Waals surface area (Å²) in [5, 5.41) is 2.64. The summed E-state index contributed by atoms with van der Waals surface area (Å²) in [7, 11) is 2.05. The van der Waals surface area contributed by atoms with Crippen LogP contribution in [0.4, 0.5) is 4.79 Å². The van der Waals surface area contributed by atoms with E-state index in [4.69, 9.17) is 9.47 Å². The number of hydrogen-bond donors (Lipinski definition) is 1. The molecule has 26 heavy (non-hydrogen) atoms. The number of likely N-dealkylation sites (tertiary alicyclic amines) is 1. The number of hydrogen-bond acceptors (Lipinski definition) is 5. The molecule has 6 heteroatoms. The number of ether oxygens (including phenoxy) is 2. The molecule has 0 saturated carbocycles. The van der Waals surface area contributed by atoms with E-state index < -0.39 is 23.7 Å². The van der Waals surface area contributed by atoms with Gasteiger partial charge >= 0.3 is 12.1 Å². The molecule has 0 bridgehead atoms. The highest BCUT2D eigenvalue weighted by Crippen LogP contribution is 2.19. The minimum absolute atomic E-state index is 0.227. The molecule has 1 heterocycles. The summed E-state index contributed by atoms with van der Waals surface area (Å²) in [6, 6.07) is 8.41. The molecule has 2 unspecified atom stereocenters. The maximum absolute atomic E-state index is 12.7. The molecule has 0 aliphatic carbocycles. The molecule has 0 radical (unpaired) electrons. The topological polar surface area (TPSA) is 67.9 Å². The first-order chi connectivity index (χ1) is 12.3. The Bertz CT molecular complexity index is 598. The van der Waals surface area contributed by atoms with Crippen LogP contribution in [-0.4, -0.2) is 48.8 Å². The molecule has 2 atom stereocenters. The van der Waals surface area contributed by atoms with Gasteiger partial charge in [0.1, 0.15) is 12.2 Å². The number of nitrogens with zero attached hydrogens (tertiary/aromatic N) is 1. The Balaban J connectivity index is 2.03. The van der Waals surface area contributed by atoms with Gasteiger partial charge in [0.25, 0.3) is 0 Å². The van der Waals surface area contributed by atoms with Crippen LogP contribution in [0.25, 0.3) is 0 Å². The fourth-order valence-corrected chi connectivity index (χ4v) is 2.97. The Hall–Kier alpha value is -2.08. The molecule has 144 valence electrons. The SMILES string of the molecule is CN1CCCCC1COC(=O)C(NC(=O)OC(C)(C)C)c1ccccc1. The molecule has 1 amide bonds. The summed E-state index contributed by atoms with van der Waals surface area (Å²) in [5.74, 6) is -0.471. The van der Waals surface area contributed by atoms with Crippen LogP contribution in [0.2, 0.25) is 0 Å². The third-order valence-electron chi connectivity index (χ3n) is 4.37. The lowest BCUT2D eigenvalue weighted by Gasteiger charge is -2.32. The van der Waals surface area contributed by atoms with Crippen LogP contribution >= 0.6 is 0 Å². The Labute approximate surface area is 155 Å². The van der Waals surface area contributed by atoms with Gasteiger partial charge in [-0.3, -0.25) is 0 Å². The zero-order valence-corrected chi connectivity index (χ0v) is 16.2. The average Bonchev–Trinajstić information content (AvgIpc) is 2.58. The van der Waals surface area contributed by atoms with Crippen LogP contribution < -0.4 is 5.32 Å². The van der Waals surface area contributed by atoms with Crippen molar-refractivity contribution in [3.05, 3.63) is 35.9 Å². The maximum Gasteiger partial charge on any atom is 0.408 e. The lowest BCUT2D eigenvalue weighted by molar-refractivity contribution is -0.148. The van der Waals surface area contributed by atoms with Crippen LogP contribution in [0.1, 0.15) is 51.6 Å². The van der Waals surface area contributed by atoms with E-state index in [1.54, 1.807) is 32.9 Å². The fourth-order valence-electron chi connectivity index (χ4n) is 2.97. The van der Waals surface area contributed by atoms with Crippen LogP contribution in [-0.2, 0) is 14.3 Å². The Morgan fingerprint density at radius 3 is 2.54 bits per heavy atom. The summed E-state index contributed by atoms with van der Waals surface area (Å²) in [6.07, 6.45) is 2.69. The third-order valence-corrected chi connectivity index (χ3v) is 4.37. The van der Waals surface area contributed by atoms with Gasteiger partial charge in [-0.25, -0.2) is 9.59 Å². The minimum Gasteiger partial charge on any atom is -0.462 e. The number of benzene rings is 1. The summed E-state index contributed by atoms with van der Waals surface area (Å²) in [5.41, 5.74) is 0.0281. The van der Waals surface area contributed by atoms with Crippen molar-refractivity contribution in [3.63, 3.8) is 0 Å². The number of carbonyl (C=O) groups is 2. The molecule has 1 fully saturated rings. The van der Waals surface area contributed by atoms with Crippen molar-refractivity contribution in [2.45, 2.75) is 57.7 Å². The van der Waals surface area contributed by atoms with Crippen molar-refractivity contribution in [1.29, 1.82) is 0 Å². The quantitative estimate of drug-likeness (QED) is 0.814. The van der Waals surface area contributed by atoms with Crippen molar-refractivity contribution >= 4 is 12.1 Å². The van der Waals surface area contributed by atoms with Crippen molar-refractivity contribution in [2.24, 2.45) is 0 Å². The molecule has 1 aliphatic rings. The van der Waals surface area contributed by atoms with Gasteiger partial charge in [-0.1, -0.05) is 36.8 Å². The molecule has 2 rings (SSSR count). The van der Waals surface area contributed by atoms with Gasteiger partial charge in [-0.05, 0) is 52.8 Å². The monoisotopic (exact) mass is 362 g/mol. The zero-order chi connectivity index (χ0) is 19.2. The lowest BCUT2D eigenvalue weighted by atomic mass is 10.0. The van der Waals surface area contributed by atoms with E-state index in [1.807, 2.05) is 25.2 Å². The minimum atomic E-state index is -0.889. The van der Waals surface area contributed by atoms with E-state index in [1.165, 1.54) is 6.42 Å². The molecule has 1 aromatic rings. The van der Waals surface area contributed by atoms with Gasteiger partial charge in [0.2, 0.25) is 0 Å². The number of likely N-dealkylation sites (N-methyl/N-ethyl adjacent to an activating group) is 1. The van der Waals surface area contributed by atoms with E-state index >= 15 is 0 Å². The molecule has 1 aliphatic heterocycles. The average molecular weight is 362 g/mol. The first-order valence-electron chi connectivity index (χ1n) is 9.17. The van der Waals surface area contributed by atoms with Gasteiger partial charge in [-0.15, -0.1) is 0 Å². The standard InChI is InChI=1S/C20H30N2O4/c1-20(2,3)26-19(24)21-17(15-10-6-5-7-11-15)18(23)25-14-16-12-8-9-13-22(16)4/h5-7,10-11,16-17H,8-9,12-14H2,1-4H3,(H,21,24). The summed E-state index contributed by atoms with van der Waals surface area (Å²) < 4.78 is 10.8. The van der Waals surface area contributed by atoms with Crippen LogP contribution in [0.3, 0.4) is 0 Å². The Morgan fingerprint density at radius 2 is 1.92 bits per heavy atom. The van der Waals surface area contributed by atoms with E-state index in [2.05, 4.69) is 10.2 Å². The van der Waals surface area contributed by atoms with Gasteiger partial charge < -0.3 is 19.7 Å². The lowest BCUT2D eigenvalue weighted by Crippen LogP contribution is -2.42. The number of esters is 1. The van der Waals surface area contributed by atoms with Crippen molar-refractivity contribution in [1.82, 2.24) is 10.2 Å². The van der Waals surface area contributed by atoms with Gasteiger partial charge in [0.05, 0.1) is 0 Å². The second-order valence-corrected chi connectivity index (χ2v) is 7.75. The largest absolute Gasteiger partial charge is 0.462 e. The molecule has 6 nitrogen and oxygen atoms in total. The van der Waals surface area contributed by atoms with E-state index in [0.29, 0.717) is 12.2 Å². The second kappa shape index (κ2) is 9.03. The second-order valence-electron chi connectivity index (χ2n) is 7.75. The first kappa shape index (κ1) is 20.2. The number of amides is 1. The Morgan fingerprint density at radius 1 is 1.23 bits per heavy atom. The van der Waals surface area contributed by atoms with Crippen LogP contribution in [0.5, 0.6) is 0 Å². The molecule has 1 N–H and O–H groups in total. The smallest absolute Gasteiger partial charge is 0.408 e. The summed E-state index contributed by atoms with van der Waals surface area (Å²) >= 11 is 0. The molecular formula is C20H30N2O4. The molecule has 1 saturated heterocycles. The summed E-state index contributed by atoms with van der Waals surface area (Å²) in [4.78, 5) is 27.1. The van der Waals surface area contributed by atoms with Gasteiger partial charge in [0.15, 0.2) is 6.04 Å². The predicted octanol–water partition coefficient (Wildman–Crippen LogP) is 3.28.